The summed E-state index contributed by atoms with van der Waals surface area (Å²) in [6, 6.07) is 12.9. The van der Waals surface area contributed by atoms with E-state index < -0.39 is 6.04 Å². The highest BCUT2D eigenvalue weighted by molar-refractivity contribution is 6.05. The summed E-state index contributed by atoms with van der Waals surface area (Å²) in [5.74, 6) is 0.390. The van der Waals surface area contributed by atoms with Crippen LogP contribution in [0.2, 0.25) is 0 Å². The summed E-state index contributed by atoms with van der Waals surface area (Å²) in [7, 11) is 0. The van der Waals surface area contributed by atoms with Crippen molar-refractivity contribution >= 4 is 17.5 Å². The Balaban J connectivity index is 1.74. The predicted octanol–water partition coefficient (Wildman–Crippen LogP) is 2.91. The smallest absolute Gasteiger partial charge is 0.255 e. The van der Waals surface area contributed by atoms with Crippen LogP contribution in [0.25, 0.3) is 0 Å². The summed E-state index contributed by atoms with van der Waals surface area (Å²) in [5, 5.41) is 10.4. The summed E-state index contributed by atoms with van der Waals surface area (Å²) in [6.07, 6.45) is 3.17. The van der Waals surface area contributed by atoms with E-state index in [-0.39, 0.29) is 5.91 Å². The monoisotopic (exact) mass is 346 g/mol. The van der Waals surface area contributed by atoms with Crippen LogP contribution < -0.4 is 10.6 Å². The minimum absolute atomic E-state index is 0.198. The van der Waals surface area contributed by atoms with Crippen molar-refractivity contribution in [2.45, 2.75) is 19.9 Å². The minimum atomic E-state index is -0.444. The molecule has 0 saturated carbocycles. The van der Waals surface area contributed by atoms with E-state index in [9.17, 15) is 4.79 Å². The van der Waals surface area contributed by atoms with Crippen LogP contribution in [0.4, 0.5) is 11.6 Å². The number of fused-ring (bicyclic) bond motifs is 1. The Morgan fingerprint density at radius 2 is 1.92 bits per heavy atom. The summed E-state index contributed by atoms with van der Waals surface area (Å²) < 4.78 is 1.68. The lowest BCUT2D eigenvalue weighted by molar-refractivity contribution is -0.113. The molecule has 0 radical (unpaired) electrons. The fraction of sp³-hybridized carbons (Fsp3) is 0.158. The second-order valence-corrected chi connectivity index (χ2v) is 6.17. The van der Waals surface area contributed by atoms with Gasteiger partial charge in [-0.2, -0.15) is 10.1 Å². The number of nitrogens with zero attached hydrogens (tertiary/aromatic N) is 4. The molecule has 2 aromatic heterocycles. The van der Waals surface area contributed by atoms with Gasteiger partial charge in [0.1, 0.15) is 12.4 Å². The molecule has 3 heterocycles. The first-order chi connectivity index (χ1) is 12.6. The van der Waals surface area contributed by atoms with E-state index in [1.807, 2.05) is 56.3 Å². The Bertz CT molecular complexity index is 975. The number of nitrogens with one attached hydrogen (secondary N) is 2. The number of carbonyl (C=O) groups excluding carboxylic acids is 1. The molecule has 7 heteroatoms. The lowest BCUT2D eigenvalue weighted by atomic mass is 9.98. The topological polar surface area (TPSA) is 84.7 Å². The molecule has 0 aliphatic carbocycles. The van der Waals surface area contributed by atoms with E-state index in [2.05, 4.69) is 25.7 Å². The molecule has 1 amide bonds. The van der Waals surface area contributed by atoms with E-state index in [0.717, 1.165) is 22.6 Å². The van der Waals surface area contributed by atoms with Gasteiger partial charge in [0.15, 0.2) is 0 Å². The highest BCUT2D eigenvalue weighted by Crippen LogP contribution is 2.34. The number of aromatic nitrogens is 4. The number of rotatable bonds is 3. The Morgan fingerprint density at radius 1 is 1.12 bits per heavy atom. The molecular formula is C19H18N6O. The maximum absolute atomic E-state index is 13.1. The molecule has 7 nitrogen and oxygen atoms in total. The van der Waals surface area contributed by atoms with Crippen LogP contribution in [-0.4, -0.2) is 25.7 Å². The molecule has 1 aliphatic heterocycles. The molecule has 1 atom stereocenters. The van der Waals surface area contributed by atoms with Crippen molar-refractivity contribution in [3.63, 3.8) is 0 Å². The Kier molecular flexibility index (Phi) is 3.96. The highest BCUT2D eigenvalue weighted by Gasteiger charge is 2.34. The lowest BCUT2D eigenvalue weighted by Gasteiger charge is -2.28. The van der Waals surface area contributed by atoms with E-state index in [1.165, 1.54) is 6.33 Å². The number of carbonyl (C=O) groups is 1. The Labute approximate surface area is 150 Å². The number of benzene rings is 1. The van der Waals surface area contributed by atoms with Gasteiger partial charge in [-0.05, 0) is 38.1 Å². The number of hydrogen-bond acceptors (Lipinski definition) is 5. The second kappa shape index (κ2) is 6.44. The fourth-order valence-electron chi connectivity index (χ4n) is 3.03. The van der Waals surface area contributed by atoms with Crippen molar-refractivity contribution < 1.29 is 4.79 Å². The molecule has 1 aromatic carbocycles. The van der Waals surface area contributed by atoms with Crippen LogP contribution in [0.5, 0.6) is 0 Å². The molecule has 2 N–H and O–H groups in total. The van der Waals surface area contributed by atoms with Crippen molar-refractivity contribution in [2.75, 3.05) is 10.6 Å². The molecule has 3 aromatic rings. The highest BCUT2D eigenvalue weighted by atomic mass is 16.1. The molecule has 0 fully saturated rings. The van der Waals surface area contributed by atoms with Crippen LogP contribution in [-0.2, 0) is 4.79 Å². The first-order valence-electron chi connectivity index (χ1n) is 8.30. The lowest BCUT2D eigenvalue weighted by Crippen LogP contribution is -2.32. The van der Waals surface area contributed by atoms with Gasteiger partial charge in [0.05, 0.1) is 11.3 Å². The average molecular weight is 346 g/mol. The molecule has 0 spiro atoms. The number of allylic oxidation sites excluding steroid dienone is 1. The molecule has 130 valence electrons. The van der Waals surface area contributed by atoms with Gasteiger partial charge in [0, 0.05) is 17.6 Å². The summed E-state index contributed by atoms with van der Waals surface area (Å²) in [6.45, 7) is 3.87. The van der Waals surface area contributed by atoms with E-state index in [4.69, 9.17) is 0 Å². The van der Waals surface area contributed by atoms with Crippen molar-refractivity contribution in [3.05, 3.63) is 77.5 Å². The molecular weight excluding hydrogens is 328 g/mol. The zero-order chi connectivity index (χ0) is 18.1. The SMILES string of the molecule is CC1=C(C(=O)Nc2ccc(C)cc2)C(c2ccccn2)n2ncnc2N1. The molecule has 0 saturated heterocycles. The summed E-state index contributed by atoms with van der Waals surface area (Å²) in [4.78, 5) is 21.7. The van der Waals surface area contributed by atoms with Gasteiger partial charge in [-0.1, -0.05) is 23.8 Å². The number of aryl methyl sites for hydroxylation is 1. The molecule has 26 heavy (non-hydrogen) atoms. The molecule has 1 unspecified atom stereocenters. The van der Waals surface area contributed by atoms with Gasteiger partial charge < -0.3 is 10.6 Å². The predicted molar refractivity (Wildman–Crippen MR) is 98.5 cm³/mol. The van der Waals surface area contributed by atoms with Gasteiger partial charge in [-0.15, -0.1) is 0 Å². The third-order valence-corrected chi connectivity index (χ3v) is 4.32. The van der Waals surface area contributed by atoms with E-state index in [0.29, 0.717) is 11.5 Å². The van der Waals surface area contributed by atoms with Crippen molar-refractivity contribution in [3.8, 4) is 0 Å². The maximum Gasteiger partial charge on any atom is 0.255 e. The van der Waals surface area contributed by atoms with Crippen LogP contribution in [0.15, 0.2) is 66.3 Å². The van der Waals surface area contributed by atoms with Crippen molar-refractivity contribution in [1.29, 1.82) is 0 Å². The standard InChI is InChI=1S/C19H18N6O/c1-12-6-8-14(9-7-12)24-18(26)16-13(2)23-19-21-11-22-25(19)17(16)15-5-3-4-10-20-15/h3-11,17H,1-2H3,(H,24,26)(H,21,22,23). The van der Waals surface area contributed by atoms with Gasteiger partial charge in [-0.3, -0.25) is 9.78 Å². The third-order valence-electron chi connectivity index (χ3n) is 4.32. The largest absolute Gasteiger partial charge is 0.328 e. The van der Waals surface area contributed by atoms with Crippen molar-refractivity contribution in [1.82, 2.24) is 19.7 Å². The van der Waals surface area contributed by atoms with Crippen molar-refractivity contribution in [2.24, 2.45) is 0 Å². The summed E-state index contributed by atoms with van der Waals surface area (Å²) in [5.41, 5.74) is 3.89. The quantitative estimate of drug-likeness (QED) is 0.762. The van der Waals surface area contributed by atoms with Gasteiger partial charge >= 0.3 is 0 Å². The Morgan fingerprint density at radius 3 is 2.65 bits per heavy atom. The van der Waals surface area contributed by atoms with Crippen LogP contribution in [0.1, 0.15) is 24.2 Å². The number of anilines is 2. The van der Waals surface area contributed by atoms with Crippen LogP contribution in [0, 0.1) is 6.92 Å². The average Bonchev–Trinajstić information content (AvgIpc) is 3.11. The zero-order valence-electron chi connectivity index (χ0n) is 14.5. The van der Waals surface area contributed by atoms with Gasteiger partial charge in [-0.25, -0.2) is 4.68 Å². The normalized spacial score (nSPS) is 16.0. The second-order valence-electron chi connectivity index (χ2n) is 6.17. The van der Waals surface area contributed by atoms with Crippen LogP contribution >= 0.6 is 0 Å². The van der Waals surface area contributed by atoms with E-state index >= 15 is 0 Å². The Hall–Kier alpha value is -3.48. The third kappa shape index (κ3) is 2.83. The van der Waals surface area contributed by atoms with Gasteiger partial charge in [0.25, 0.3) is 5.91 Å². The molecule has 1 aliphatic rings. The fourth-order valence-corrected chi connectivity index (χ4v) is 3.03. The zero-order valence-corrected chi connectivity index (χ0v) is 14.5. The summed E-state index contributed by atoms with van der Waals surface area (Å²) >= 11 is 0. The number of amides is 1. The number of pyridine rings is 1. The van der Waals surface area contributed by atoms with Crippen LogP contribution in [0.3, 0.4) is 0 Å². The van der Waals surface area contributed by atoms with E-state index in [1.54, 1.807) is 10.9 Å². The first-order valence-corrected chi connectivity index (χ1v) is 8.30. The minimum Gasteiger partial charge on any atom is -0.328 e. The molecule has 4 rings (SSSR count). The number of hydrogen-bond donors (Lipinski definition) is 2. The van der Waals surface area contributed by atoms with Gasteiger partial charge in [0.2, 0.25) is 5.95 Å². The first kappa shape index (κ1) is 16.0. The molecule has 0 bridgehead atoms. The maximum atomic E-state index is 13.1.